The third kappa shape index (κ3) is 1.79. The maximum absolute atomic E-state index is 9.61. The second kappa shape index (κ2) is 3.65. The first-order valence-electron chi connectivity index (χ1n) is 6.25. The lowest BCUT2D eigenvalue weighted by Crippen LogP contribution is -2.60. The first-order valence-corrected chi connectivity index (χ1v) is 6.25. The van der Waals surface area contributed by atoms with Crippen molar-refractivity contribution in [2.75, 3.05) is 13.2 Å². The number of aliphatic hydroxyl groups is 1. The van der Waals surface area contributed by atoms with Crippen LogP contribution in [0.3, 0.4) is 0 Å². The van der Waals surface area contributed by atoms with Crippen molar-refractivity contribution >= 4 is 0 Å². The monoisotopic (exact) mass is 260 g/mol. The predicted octanol–water partition coefficient (Wildman–Crippen LogP) is 0.377. The normalized spacial score (nSPS) is 48.8. The van der Waals surface area contributed by atoms with E-state index in [9.17, 15) is 5.11 Å². The van der Waals surface area contributed by atoms with Crippen LogP contribution in [0.1, 0.15) is 27.7 Å². The van der Waals surface area contributed by atoms with Gasteiger partial charge in [-0.1, -0.05) is 0 Å². The van der Waals surface area contributed by atoms with Gasteiger partial charge in [0.1, 0.15) is 24.9 Å². The zero-order valence-corrected chi connectivity index (χ0v) is 11.1. The zero-order valence-electron chi connectivity index (χ0n) is 11.1. The molecule has 0 bridgehead atoms. The van der Waals surface area contributed by atoms with Crippen LogP contribution in [0.25, 0.3) is 0 Å². The van der Waals surface area contributed by atoms with Crippen LogP contribution in [0.5, 0.6) is 0 Å². The smallest absolute Gasteiger partial charge is 0.224 e. The Hall–Kier alpha value is -0.240. The fourth-order valence-electron chi connectivity index (χ4n) is 2.96. The second-order valence-corrected chi connectivity index (χ2v) is 5.96. The number of hydrogen-bond acceptors (Lipinski definition) is 6. The Morgan fingerprint density at radius 1 is 1.06 bits per heavy atom. The Labute approximate surface area is 106 Å². The molecule has 1 N–H and O–H groups in total. The van der Waals surface area contributed by atoms with E-state index in [0.29, 0.717) is 6.61 Å². The summed E-state index contributed by atoms with van der Waals surface area (Å²) in [7, 11) is 0. The van der Waals surface area contributed by atoms with Crippen molar-refractivity contribution in [2.45, 2.75) is 63.4 Å². The molecule has 0 spiro atoms. The lowest BCUT2D eigenvalue weighted by atomic mass is 9.98. The standard InChI is InChI=1S/C12H20O6/c1-10(2)15-7-5-14-12(6-13)9(8(7)16-10)17-11(3,4)18-12/h7-9,13H,5-6H2,1-4H3/t7-,8+,9?,12+/m1/s1. The van der Waals surface area contributed by atoms with Gasteiger partial charge in [0, 0.05) is 0 Å². The van der Waals surface area contributed by atoms with Crippen molar-refractivity contribution in [2.24, 2.45) is 0 Å². The van der Waals surface area contributed by atoms with Gasteiger partial charge in [0.15, 0.2) is 11.6 Å². The summed E-state index contributed by atoms with van der Waals surface area (Å²) in [5, 5.41) is 9.61. The van der Waals surface area contributed by atoms with Crippen molar-refractivity contribution in [3.8, 4) is 0 Å². The summed E-state index contributed by atoms with van der Waals surface area (Å²) in [5.41, 5.74) is 0. The topological polar surface area (TPSA) is 66.4 Å². The molecule has 0 aromatic rings. The molecule has 0 radical (unpaired) electrons. The van der Waals surface area contributed by atoms with Gasteiger partial charge in [-0.2, -0.15) is 0 Å². The highest BCUT2D eigenvalue weighted by molar-refractivity contribution is 5.03. The van der Waals surface area contributed by atoms with E-state index in [-0.39, 0.29) is 18.8 Å². The average Bonchev–Trinajstić information content (AvgIpc) is 2.70. The molecule has 3 aliphatic rings. The number of fused-ring (bicyclic) bond motifs is 3. The van der Waals surface area contributed by atoms with Gasteiger partial charge in [-0.25, -0.2) is 0 Å². The van der Waals surface area contributed by atoms with Gasteiger partial charge in [-0.15, -0.1) is 0 Å². The fourth-order valence-corrected chi connectivity index (χ4v) is 2.96. The lowest BCUT2D eigenvalue weighted by molar-refractivity contribution is -0.294. The zero-order chi connectivity index (χ0) is 13.2. The summed E-state index contributed by atoms with van der Waals surface area (Å²) in [4.78, 5) is 0. The van der Waals surface area contributed by atoms with Gasteiger partial charge in [-0.3, -0.25) is 0 Å². The van der Waals surface area contributed by atoms with E-state index in [0.717, 1.165) is 0 Å². The van der Waals surface area contributed by atoms with Gasteiger partial charge in [0.2, 0.25) is 5.79 Å². The van der Waals surface area contributed by atoms with E-state index in [1.54, 1.807) is 13.8 Å². The van der Waals surface area contributed by atoms with Crippen LogP contribution in [-0.4, -0.2) is 54.0 Å². The van der Waals surface area contributed by atoms with Crippen LogP contribution in [0.4, 0.5) is 0 Å². The Morgan fingerprint density at radius 3 is 2.44 bits per heavy atom. The average molecular weight is 260 g/mol. The number of hydrogen-bond donors (Lipinski definition) is 1. The molecule has 0 aromatic heterocycles. The summed E-state index contributed by atoms with van der Waals surface area (Å²) >= 11 is 0. The molecule has 0 aliphatic carbocycles. The Morgan fingerprint density at radius 2 is 1.78 bits per heavy atom. The molecule has 6 heteroatoms. The maximum Gasteiger partial charge on any atom is 0.224 e. The molecular weight excluding hydrogens is 240 g/mol. The largest absolute Gasteiger partial charge is 0.391 e. The van der Waals surface area contributed by atoms with Crippen LogP contribution in [0, 0.1) is 0 Å². The number of aliphatic hydroxyl groups excluding tert-OH is 1. The third-order valence-electron chi connectivity index (χ3n) is 3.50. The second-order valence-electron chi connectivity index (χ2n) is 5.96. The minimum atomic E-state index is -1.14. The van der Waals surface area contributed by atoms with Gasteiger partial charge >= 0.3 is 0 Å². The highest BCUT2D eigenvalue weighted by Crippen LogP contribution is 2.47. The molecule has 3 fully saturated rings. The molecule has 3 saturated heterocycles. The minimum absolute atomic E-state index is 0.192. The van der Waals surface area contributed by atoms with Crippen LogP contribution in [0.15, 0.2) is 0 Å². The van der Waals surface area contributed by atoms with Crippen molar-refractivity contribution in [1.82, 2.24) is 0 Å². The molecule has 0 amide bonds. The third-order valence-corrected chi connectivity index (χ3v) is 3.50. The number of ether oxygens (including phenoxy) is 5. The first kappa shape index (κ1) is 12.8. The fraction of sp³-hybridized carbons (Fsp3) is 1.00. The highest BCUT2D eigenvalue weighted by Gasteiger charge is 2.65. The summed E-state index contributed by atoms with van der Waals surface area (Å²) in [6.45, 7) is 7.35. The molecule has 0 aromatic carbocycles. The van der Waals surface area contributed by atoms with Crippen LogP contribution in [0.2, 0.25) is 0 Å². The summed E-state index contributed by atoms with van der Waals surface area (Å²) in [5.74, 6) is -2.62. The molecule has 1 unspecified atom stereocenters. The highest BCUT2D eigenvalue weighted by atomic mass is 16.9. The van der Waals surface area contributed by atoms with Crippen molar-refractivity contribution in [1.29, 1.82) is 0 Å². The summed E-state index contributed by atoms with van der Waals surface area (Å²) in [6, 6.07) is 0. The van der Waals surface area contributed by atoms with Crippen molar-refractivity contribution in [3.63, 3.8) is 0 Å². The number of rotatable bonds is 1. The molecule has 104 valence electrons. The molecule has 0 saturated carbocycles. The van der Waals surface area contributed by atoms with E-state index in [4.69, 9.17) is 23.7 Å². The van der Waals surface area contributed by atoms with Crippen LogP contribution < -0.4 is 0 Å². The van der Waals surface area contributed by atoms with Crippen molar-refractivity contribution < 1.29 is 28.8 Å². The SMILES string of the molecule is CC1(C)O[C@@H]2C3OC(C)(C)O[C@]3(CO)OC[C@H]2O1. The predicted molar refractivity (Wildman–Crippen MR) is 59.6 cm³/mol. The van der Waals surface area contributed by atoms with E-state index >= 15 is 0 Å². The lowest BCUT2D eigenvalue weighted by Gasteiger charge is -2.39. The molecule has 6 nitrogen and oxygen atoms in total. The van der Waals surface area contributed by atoms with Gasteiger partial charge in [-0.05, 0) is 27.7 Å². The quantitative estimate of drug-likeness (QED) is 0.735. The van der Waals surface area contributed by atoms with Crippen molar-refractivity contribution in [3.05, 3.63) is 0 Å². The van der Waals surface area contributed by atoms with Gasteiger partial charge in [0.05, 0.1) is 6.61 Å². The Kier molecular flexibility index (Phi) is 2.59. The molecule has 18 heavy (non-hydrogen) atoms. The molecular formula is C12H20O6. The first-order chi connectivity index (χ1) is 8.27. The van der Waals surface area contributed by atoms with E-state index in [1.807, 2.05) is 13.8 Å². The van der Waals surface area contributed by atoms with Crippen LogP contribution in [-0.2, 0) is 23.7 Å². The summed E-state index contributed by atoms with van der Waals surface area (Å²) < 4.78 is 28.9. The molecule has 3 heterocycles. The van der Waals surface area contributed by atoms with Gasteiger partial charge in [0.25, 0.3) is 0 Å². The Bertz CT molecular complexity index is 354. The summed E-state index contributed by atoms with van der Waals surface area (Å²) in [6.07, 6.45) is -0.970. The van der Waals surface area contributed by atoms with Crippen LogP contribution >= 0.6 is 0 Å². The maximum atomic E-state index is 9.61. The van der Waals surface area contributed by atoms with Gasteiger partial charge < -0.3 is 28.8 Å². The van der Waals surface area contributed by atoms with E-state index in [1.165, 1.54) is 0 Å². The molecule has 3 aliphatic heterocycles. The molecule has 4 atom stereocenters. The van der Waals surface area contributed by atoms with E-state index in [2.05, 4.69) is 0 Å². The molecule has 3 rings (SSSR count). The Balaban J connectivity index is 1.90. The minimum Gasteiger partial charge on any atom is -0.391 e. The van der Waals surface area contributed by atoms with E-state index < -0.39 is 23.5 Å².